The molecule has 0 saturated heterocycles. The largest absolute Gasteiger partial charge is 0.481 e. The number of aliphatic carboxylic acids is 3. The SMILES string of the molecule is CC(C(=O)O)[C@@](O)(CC(=O)O)C(=O)O. The van der Waals surface area contributed by atoms with Crippen molar-refractivity contribution in [1.29, 1.82) is 0 Å². The molecule has 0 spiro atoms. The van der Waals surface area contributed by atoms with Gasteiger partial charge in [-0.05, 0) is 6.92 Å². The summed E-state index contributed by atoms with van der Waals surface area (Å²) in [4.78, 5) is 31.2. The summed E-state index contributed by atoms with van der Waals surface area (Å²) in [7, 11) is 0. The van der Waals surface area contributed by atoms with Crippen LogP contribution in [0, 0.1) is 5.92 Å². The third kappa shape index (κ3) is 2.43. The minimum atomic E-state index is -2.78. The fraction of sp³-hybridized carbons (Fsp3) is 0.571. The highest BCUT2D eigenvalue weighted by atomic mass is 16.4. The van der Waals surface area contributed by atoms with E-state index in [2.05, 4.69) is 0 Å². The monoisotopic (exact) mass is 206 g/mol. The normalized spacial score (nSPS) is 16.7. The van der Waals surface area contributed by atoms with Crippen molar-refractivity contribution >= 4 is 17.9 Å². The number of aliphatic hydroxyl groups is 1. The first-order chi connectivity index (χ1) is 6.21. The summed E-state index contributed by atoms with van der Waals surface area (Å²) >= 11 is 0. The summed E-state index contributed by atoms with van der Waals surface area (Å²) in [5.74, 6) is -6.72. The zero-order valence-electron chi connectivity index (χ0n) is 7.30. The average Bonchev–Trinajstić information content (AvgIpc) is 2.00. The molecule has 0 aliphatic carbocycles. The van der Waals surface area contributed by atoms with Crippen LogP contribution < -0.4 is 0 Å². The second-order valence-corrected chi connectivity index (χ2v) is 2.86. The molecule has 0 radical (unpaired) electrons. The molecule has 80 valence electrons. The first-order valence-electron chi connectivity index (χ1n) is 3.62. The van der Waals surface area contributed by atoms with Gasteiger partial charge in [-0.2, -0.15) is 0 Å². The highest BCUT2D eigenvalue weighted by Crippen LogP contribution is 2.22. The van der Waals surface area contributed by atoms with Gasteiger partial charge in [0.05, 0.1) is 12.3 Å². The van der Waals surface area contributed by atoms with Crippen molar-refractivity contribution in [3.63, 3.8) is 0 Å². The van der Waals surface area contributed by atoms with Crippen molar-refractivity contribution in [2.24, 2.45) is 5.92 Å². The number of rotatable bonds is 5. The maximum absolute atomic E-state index is 10.5. The van der Waals surface area contributed by atoms with E-state index in [0.29, 0.717) is 0 Å². The summed E-state index contributed by atoms with van der Waals surface area (Å²) in [5, 5.41) is 34.6. The molecule has 0 amide bonds. The van der Waals surface area contributed by atoms with Gasteiger partial charge in [-0.1, -0.05) is 0 Å². The molecular weight excluding hydrogens is 196 g/mol. The highest BCUT2D eigenvalue weighted by Gasteiger charge is 2.47. The molecule has 0 heterocycles. The topological polar surface area (TPSA) is 132 Å². The Kier molecular flexibility index (Phi) is 3.58. The molecule has 0 aliphatic rings. The molecule has 14 heavy (non-hydrogen) atoms. The number of hydrogen-bond donors (Lipinski definition) is 4. The van der Waals surface area contributed by atoms with Gasteiger partial charge in [0.2, 0.25) is 0 Å². The van der Waals surface area contributed by atoms with Crippen LogP contribution in [-0.4, -0.2) is 43.9 Å². The van der Waals surface area contributed by atoms with Crippen LogP contribution in [0.3, 0.4) is 0 Å². The molecule has 0 rings (SSSR count). The lowest BCUT2D eigenvalue weighted by Crippen LogP contribution is -2.49. The van der Waals surface area contributed by atoms with Gasteiger partial charge in [-0.15, -0.1) is 0 Å². The predicted octanol–water partition coefficient (Wildman–Crippen LogP) is -1.00. The number of carboxylic acid groups (broad SMARTS) is 3. The van der Waals surface area contributed by atoms with Crippen LogP contribution >= 0.6 is 0 Å². The molecule has 0 fully saturated rings. The molecule has 7 nitrogen and oxygen atoms in total. The van der Waals surface area contributed by atoms with Crippen LogP contribution in [0.25, 0.3) is 0 Å². The Morgan fingerprint density at radius 2 is 1.64 bits per heavy atom. The predicted molar refractivity (Wildman–Crippen MR) is 41.6 cm³/mol. The third-order valence-corrected chi connectivity index (χ3v) is 1.88. The van der Waals surface area contributed by atoms with E-state index in [1.165, 1.54) is 0 Å². The van der Waals surface area contributed by atoms with Crippen LogP contribution in [0.4, 0.5) is 0 Å². The summed E-state index contributed by atoms with van der Waals surface area (Å²) in [6.45, 7) is 0.930. The maximum atomic E-state index is 10.5. The van der Waals surface area contributed by atoms with E-state index in [-0.39, 0.29) is 0 Å². The van der Waals surface area contributed by atoms with Gasteiger partial charge in [-0.3, -0.25) is 9.59 Å². The number of carbonyl (C=O) groups is 3. The van der Waals surface area contributed by atoms with Crippen molar-refractivity contribution < 1.29 is 34.8 Å². The van der Waals surface area contributed by atoms with Gasteiger partial charge < -0.3 is 20.4 Å². The summed E-state index contributed by atoms with van der Waals surface area (Å²) in [6, 6.07) is 0. The first kappa shape index (κ1) is 12.4. The van der Waals surface area contributed by atoms with E-state index in [4.69, 9.17) is 15.3 Å². The summed E-state index contributed by atoms with van der Waals surface area (Å²) in [6.07, 6.45) is -1.16. The van der Waals surface area contributed by atoms with Gasteiger partial charge in [-0.25, -0.2) is 4.79 Å². The van der Waals surface area contributed by atoms with Crippen molar-refractivity contribution in [2.75, 3.05) is 0 Å². The smallest absolute Gasteiger partial charge is 0.337 e. The Balaban J connectivity index is 4.99. The molecule has 0 aromatic rings. The Hall–Kier alpha value is -1.63. The second-order valence-electron chi connectivity index (χ2n) is 2.86. The van der Waals surface area contributed by atoms with Crippen LogP contribution in [0.1, 0.15) is 13.3 Å². The molecule has 4 N–H and O–H groups in total. The average molecular weight is 206 g/mol. The Labute approximate surface area is 78.6 Å². The van der Waals surface area contributed by atoms with Crippen LogP contribution in [0.2, 0.25) is 0 Å². The Morgan fingerprint density at radius 3 is 1.86 bits per heavy atom. The van der Waals surface area contributed by atoms with E-state index in [1.807, 2.05) is 0 Å². The van der Waals surface area contributed by atoms with Gasteiger partial charge in [0.25, 0.3) is 0 Å². The quantitative estimate of drug-likeness (QED) is 0.453. The summed E-state index contributed by atoms with van der Waals surface area (Å²) < 4.78 is 0. The number of carboxylic acids is 3. The minimum absolute atomic E-state index is 0.930. The molecule has 0 aromatic carbocycles. The van der Waals surface area contributed by atoms with Crippen molar-refractivity contribution in [1.82, 2.24) is 0 Å². The van der Waals surface area contributed by atoms with E-state index >= 15 is 0 Å². The summed E-state index contributed by atoms with van der Waals surface area (Å²) in [5.41, 5.74) is -2.78. The molecule has 2 atom stereocenters. The third-order valence-electron chi connectivity index (χ3n) is 1.88. The molecule has 0 aromatic heterocycles. The molecular formula is C7H10O7. The van der Waals surface area contributed by atoms with Crippen LogP contribution in [0.15, 0.2) is 0 Å². The van der Waals surface area contributed by atoms with Crippen molar-refractivity contribution in [3.05, 3.63) is 0 Å². The molecule has 0 saturated carbocycles. The molecule has 0 bridgehead atoms. The van der Waals surface area contributed by atoms with Gasteiger partial charge in [0.15, 0.2) is 5.60 Å². The second kappa shape index (κ2) is 4.05. The zero-order valence-corrected chi connectivity index (χ0v) is 7.30. The van der Waals surface area contributed by atoms with Gasteiger partial charge in [0, 0.05) is 0 Å². The molecule has 7 heteroatoms. The van der Waals surface area contributed by atoms with E-state index in [1.54, 1.807) is 0 Å². The zero-order chi connectivity index (χ0) is 11.5. The van der Waals surface area contributed by atoms with E-state index < -0.39 is 35.8 Å². The van der Waals surface area contributed by atoms with Crippen LogP contribution in [-0.2, 0) is 14.4 Å². The minimum Gasteiger partial charge on any atom is -0.481 e. The van der Waals surface area contributed by atoms with Gasteiger partial charge in [0.1, 0.15) is 0 Å². The lowest BCUT2D eigenvalue weighted by Gasteiger charge is -2.25. The molecule has 0 aliphatic heterocycles. The Bertz CT molecular complexity index is 271. The van der Waals surface area contributed by atoms with Crippen molar-refractivity contribution in [2.45, 2.75) is 18.9 Å². The highest BCUT2D eigenvalue weighted by molar-refractivity contribution is 5.89. The lowest BCUT2D eigenvalue weighted by atomic mass is 9.86. The molecule has 1 unspecified atom stereocenters. The first-order valence-corrected chi connectivity index (χ1v) is 3.62. The van der Waals surface area contributed by atoms with Crippen molar-refractivity contribution in [3.8, 4) is 0 Å². The Morgan fingerprint density at radius 1 is 1.21 bits per heavy atom. The fourth-order valence-electron chi connectivity index (χ4n) is 0.849. The van der Waals surface area contributed by atoms with Crippen LogP contribution in [0.5, 0.6) is 0 Å². The standard InChI is InChI=1S/C7H10O7/c1-3(5(10)11)7(14,6(12)13)2-4(8)9/h3,14H,2H2,1H3,(H,8,9)(H,10,11)(H,12,13)/t3?,7-/m0/s1. The maximum Gasteiger partial charge on any atom is 0.337 e. The lowest BCUT2D eigenvalue weighted by molar-refractivity contribution is -0.177. The number of hydrogen-bond acceptors (Lipinski definition) is 4. The van der Waals surface area contributed by atoms with E-state index in [9.17, 15) is 19.5 Å². The van der Waals surface area contributed by atoms with Gasteiger partial charge >= 0.3 is 17.9 Å². The van der Waals surface area contributed by atoms with E-state index in [0.717, 1.165) is 6.92 Å². The fourth-order valence-corrected chi connectivity index (χ4v) is 0.849.